The van der Waals surface area contributed by atoms with Crippen molar-refractivity contribution in [3.8, 4) is 0 Å². The number of halogens is 3. The van der Waals surface area contributed by atoms with Crippen molar-refractivity contribution in [2.24, 2.45) is 0 Å². The fourth-order valence-electron chi connectivity index (χ4n) is 1.48. The average molecular weight is 236 g/mol. The summed E-state index contributed by atoms with van der Waals surface area (Å²) in [6, 6.07) is 0. The van der Waals surface area contributed by atoms with Crippen molar-refractivity contribution < 1.29 is 13.2 Å². The Morgan fingerprint density at radius 3 is 2.73 bits per heavy atom. The van der Waals surface area contributed by atoms with Crippen LogP contribution >= 0.6 is 11.9 Å². The second-order valence-electron chi connectivity index (χ2n) is 3.18. The van der Waals surface area contributed by atoms with E-state index in [9.17, 15) is 18.0 Å². The summed E-state index contributed by atoms with van der Waals surface area (Å²) < 4.78 is 39.1. The summed E-state index contributed by atoms with van der Waals surface area (Å²) in [7, 11) is 0. The zero-order valence-electron chi connectivity index (χ0n) is 7.76. The number of hydrogen-bond acceptors (Lipinski definition) is 3. The Bertz CT molecular complexity index is 466. The monoisotopic (exact) mass is 236 g/mol. The lowest BCUT2D eigenvalue weighted by Crippen LogP contribution is -2.25. The van der Waals surface area contributed by atoms with E-state index in [1.807, 2.05) is 0 Å². The van der Waals surface area contributed by atoms with Crippen LogP contribution in [0.1, 0.15) is 17.1 Å². The van der Waals surface area contributed by atoms with Gasteiger partial charge in [-0.25, -0.2) is 0 Å². The summed E-state index contributed by atoms with van der Waals surface area (Å²) >= 11 is 1.04. The predicted molar refractivity (Wildman–Crippen MR) is 49.8 cm³/mol. The molecule has 7 heteroatoms. The lowest BCUT2D eigenvalue weighted by atomic mass is 10.2. The van der Waals surface area contributed by atoms with Crippen molar-refractivity contribution in [3.63, 3.8) is 0 Å². The topological polar surface area (TPSA) is 34.9 Å². The van der Waals surface area contributed by atoms with Crippen LogP contribution in [0, 0.1) is 6.92 Å². The van der Waals surface area contributed by atoms with Crippen molar-refractivity contribution >= 4 is 11.9 Å². The van der Waals surface area contributed by atoms with E-state index in [-0.39, 0.29) is 11.4 Å². The molecule has 0 unspecified atom stereocenters. The van der Waals surface area contributed by atoms with E-state index in [1.54, 1.807) is 0 Å². The Kier molecular flexibility index (Phi) is 2.29. The van der Waals surface area contributed by atoms with Gasteiger partial charge in [-0.3, -0.25) is 8.77 Å². The molecule has 0 N–H and O–H groups in total. The molecule has 0 radical (unpaired) electrons. The van der Waals surface area contributed by atoms with Crippen molar-refractivity contribution in [3.05, 3.63) is 27.4 Å². The van der Waals surface area contributed by atoms with Gasteiger partial charge in [0.2, 0.25) is 0 Å². The first kappa shape index (κ1) is 10.5. The third-order valence-corrected chi connectivity index (χ3v) is 3.20. The molecular formula is C8H7F3N2OS. The molecule has 1 aliphatic rings. The van der Waals surface area contributed by atoms with Gasteiger partial charge >= 0.3 is 6.18 Å². The summed E-state index contributed by atoms with van der Waals surface area (Å²) in [5, 5.41) is 0. The molecule has 2 heterocycles. The largest absolute Gasteiger partial charge is 0.432 e. The molecule has 0 spiro atoms. The maximum atomic E-state index is 12.7. The van der Waals surface area contributed by atoms with Gasteiger partial charge in [0.25, 0.3) is 5.56 Å². The van der Waals surface area contributed by atoms with Gasteiger partial charge in [-0.15, -0.1) is 0 Å². The highest BCUT2D eigenvalue weighted by Crippen LogP contribution is 2.35. The fourth-order valence-corrected chi connectivity index (χ4v) is 2.59. The van der Waals surface area contributed by atoms with Gasteiger partial charge in [0, 0.05) is 17.7 Å². The highest BCUT2D eigenvalue weighted by Gasteiger charge is 2.39. The van der Waals surface area contributed by atoms with Crippen molar-refractivity contribution in [2.45, 2.75) is 19.5 Å². The highest BCUT2D eigenvalue weighted by atomic mass is 32.2. The van der Waals surface area contributed by atoms with E-state index in [2.05, 4.69) is 4.98 Å². The number of rotatable bonds is 0. The number of aromatic nitrogens is 2. The lowest BCUT2D eigenvalue weighted by molar-refractivity contribution is -0.142. The van der Waals surface area contributed by atoms with Gasteiger partial charge in [0.1, 0.15) is 11.5 Å². The molecule has 1 aromatic rings. The zero-order chi connectivity index (χ0) is 11.2. The molecule has 0 amide bonds. The van der Waals surface area contributed by atoms with Gasteiger partial charge in [-0.2, -0.15) is 18.2 Å². The Morgan fingerprint density at radius 2 is 2.13 bits per heavy atom. The maximum absolute atomic E-state index is 12.7. The summed E-state index contributed by atoms with van der Waals surface area (Å²) in [6.07, 6.45) is -4.10. The standard InChI is InChI=1S/C8H7F3N2OS/c1-4-6(8(9,10)11)13-5(2-3-15-13)12-7(4)14/h2-3H2,1H3. The Morgan fingerprint density at radius 1 is 1.47 bits per heavy atom. The van der Waals surface area contributed by atoms with Crippen LogP contribution in [0.25, 0.3) is 0 Å². The second kappa shape index (κ2) is 3.26. The van der Waals surface area contributed by atoms with E-state index >= 15 is 0 Å². The zero-order valence-corrected chi connectivity index (χ0v) is 8.58. The number of hydrogen-bond donors (Lipinski definition) is 0. The van der Waals surface area contributed by atoms with Crippen molar-refractivity contribution in [1.82, 2.24) is 8.96 Å². The predicted octanol–water partition coefficient (Wildman–Crippen LogP) is 1.62. The lowest BCUT2D eigenvalue weighted by Gasteiger charge is -2.14. The fraction of sp³-hybridized carbons (Fsp3) is 0.500. The molecule has 0 saturated carbocycles. The first-order valence-electron chi connectivity index (χ1n) is 4.24. The Balaban J connectivity index is 2.77. The van der Waals surface area contributed by atoms with Gasteiger partial charge < -0.3 is 0 Å². The molecular weight excluding hydrogens is 229 g/mol. The molecule has 1 aliphatic heterocycles. The minimum atomic E-state index is -4.50. The molecule has 0 atom stereocenters. The minimum Gasteiger partial charge on any atom is -0.267 e. The van der Waals surface area contributed by atoms with Crippen LogP contribution in [0.2, 0.25) is 0 Å². The molecule has 0 fully saturated rings. The molecule has 0 aliphatic carbocycles. The molecule has 0 saturated heterocycles. The number of aryl methyl sites for hydroxylation is 1. The smallest absolute Gasteiger partial charge is 0.267 e. The first-order chi connectivity index (χ1) is 6.91. The summed E-state index contributed by atoms with van der Waals surface area (Å²) in [6.45, 7) is 1.16. The minimum absolute atomic E-state index is 0.211. The molecule has 82 valence electrons. The Labute approximate surface area is 87.5 Å². The molecule has 1 aromatic heterocycles. The van der Waals surface area contributed by atoms with Gasteiger partial charge in [0.05, 0.1) is 0 Å². The quantitative estimate of drug-likeness (QED) is 0.686. The van der Waals surface area contributed by atoms with Crippen molar-refractivity contribution in [1.29, 1.82) is 0 Å². The van der Waals surface area contributed by atoms with E-state index in [1.165, 1.54) is 0 Å². The first-order valence-corrected chi connectivity index (χ1v) is 5.18. The van der Waals surface area contributed by atoms with Crippen LogP contribution in [-0.2, 0) is 12.6 Å². The third kappa shape index (κ3) is 1.64. The number of nitrogens with zero attached hydrogens (tertiary/aromatic N) is 2. The normalized spacial score (nSPS) is 15.5. The van der Waals surface area contributed by atoms with Crippen molar-refractivity contribution in [2.75, 3.05) is 5.75 Å². The van der Waals surface area contributed by atoms with Gasteiger partial charge in [0.15, 0.2) is 0 Å². The third-order valence-electron chi connectivity index (χ3n) is 2.16. The van der Waals surface area contributed by atoms with Gasteiger partial charge in [-0.05, 0) is 18.9 Å². The number of alkyl halides is 3. The molecule has 0 aromatic carbocycles. The summed E-state index contributed by atoms with van der Waals surface area (Å²) in [5.41, 5.74) is -1.99. The SMILES string of the molecule is Cc1c(C(F)(F)F)n2c(nc1=O)CCS2. The Hall–Kier alpha value is -0.980. The molecule has 2 rings (SSSR count). The van der Waals surface area contributed by atoms with E-state index in [0.29, 0.717) is 12.2 Å². The molecule has 3 nitrogen and oxygen atoms in total. The van der Waals surface area contributed by atoms with Crippen LogP contribution in [0.3, 0.4) is 0 Å². The van der Waals surface area contributed by atoms with Crippen LogP contribution in [0.5, 0.6) is 0 Å². The number of fused-ring (bicyclic) bond motifs is 1. The van der Waals surface area contributed by atoms with Crippen LogP contribution in [0.4, 0.5) is 13.2 Å². The molecule has 0 bridgehead atoms. The van der Waals surface area contributed by atoms with E-state index < -0.39 is 17.4 Å². The van der Waals surface area contributed by atoms with Gasteiger partial charge in [-0.1, -0.05) is 0 Å². The van der Waals surface area contributed by atoms with E-state index in [4.69, 9.17) is 0 Å². The van der Waals surface area contributed by atoms with E-state index in [0.717, 1.165) is 22.8 Å². The second-order valence-corrected chi connectivity index (χ2v) is 4.21. The maximum Gasteiger partial charge on any atom is 0.432 e. The van der Waals surface area contributed by atoms with Crippen LogP contribution in [0.15, 0.2) is 4.79 Å². The summed E-state index contributed by atoms with van der Waals surface area (Å²) in [4.78, 5) is 14.8. The van der Waals surface area contributed by atoms with Crippen LogP contribution < -0.4 is 5.56 Å². The molecule has 15 heavy (non-hydrogen) atoms. The highest BCUT2D eigenvalue weighted by molar-refractivity contribution is 7.98. The average Bonchev–Trinajstić information content (AvgIpc) is 2.50. The van der Waals surface area contributed by atoms with Crippen LogP contribution in [-0.4, -0.2) is 14.7 Å². The summed E-state index contributed by atoms with van der Waals surface area (Å²) in [5.74, 6) is 0.738.